The van der Waals surface area contributed by atoms with Crippen molar-refractivity contribution in [2.24, 2.45) is 0 Å². The fourth-order valence-electron chi connectivity index (χ4n) is 5.41. The van der Waals surface area contributed by atoms with E-state index in [1.807, 2.05) is 109 Å². The maximum atomic E-state index is 9.31. The first-order valence-corrected chi connectivity index (χ1v) is 17.9. The highest BCUT2D eigenvalue weighted by atomic mass is 16.5. The summed E-state index contributed by atoms with van der Waals surface area (Å²) in [4.78, 5) is 8.53. The van der Waals surface area contributed by atoms with Gasteiger partial charge in [0.1, 0.15) is 23.0 Å². The van der Waals surface area contributed by atoms with E-state index >= 15 is 0 Å². The molecular weight excluding hydrogens is 673 g/mol. The monoisotopic (exact) mass is 728 g/mol. The number of hydrogen-bond donors (Lipinski definition) is 1. The van der Waals surface area contributed by atoms with Gasteiger partial charge in [-0.3, -0.25) is 0 Å². The molecule has 6 rings (SSSR count). The van der Waals surface area contributed by atoms with Gasteiger partial charge >= 0.3 is 0 Å². The molecule has 7 heteroatoms. The van der Waals surface area contributed by atoms with E-state index in [4.69, 9.17) is 18.9 Å². The topological polar surface area (TPSA) is 82.9 Å². The lowest BCUT2D eigenvalue weighted by Crippen LogP contribution is -1.93. The molecule has 0 aliphatic carbocycles. The standard InChI is InChI=1S/C16H18O2.C12H12N2.C10H14O2.C9H12O/c1-11-4-6-13(8-15(11)10-17)14-7-5-12(2)16(9-14)18-3;1-9-3-5-11(6-4-9)12-13-7-10(2)8-14-12;1-7-5-9(11-3)8(2)10(6-7)12-4;1-7-4-5-8(2)9(6-7)10-3/h4-9,17H,10H2,1-3H3;3-8H,1-2H3;5-6H,1-4H3;4-6H,1-3H3. The van der Waals surface area contributed by atoms with Crippen LogP contribution in [0.4, 0.5) is 0 Å². The Morgan fingerprint density at radius 3 is 1.35 bits per heavy atom. The van der Waals surface area contributed by atoms with Crippen LogP contribution in [0.25, 0.3) is 22.5 Å². The van der Waals surface area contributed by atoms with Crippen LogP contribution in [0, 0.1) is 55.4 Å². The number of rotatable bonds is 7. The van der Waals surface area contributed by atoms with Crippen molar-refractivity contribution in [1.29, 1.82) is 0 Å². The average Bonchev–Trinajstić information content (AvgIpc) is 3.18. The molecule has 1 heterocycles. The smallest absolute Gasteiger partial charge is 0.159 e. The van der Waals surface area contributed by atoms with Crippen molar-refractivity contribution < 1.29 is 24.1 Å². The Bertz CT molecular complexity index is 1950. The van der Waals surface area contributed by atoms with Crippen LogP contribution in [0.3, 0.4) is 0 Å². The van der Waals surface area contributed by atoms with Crippen molar-refractivity contribution in [3.05, 3.63) is 153 Å². The number of hydrogen-bond acceptors (Lipinski definition) is 7. The minimum absolute atomic E-state index is 0.0721. The first-order chi connectivity index (χ1) is 25.8. The lowest BCUT2D eigenvalue weighted by molar-refractivity contribution is 0.281. The van der Waals surface area contributed by atoms with Crippen molar-refractivity contribution >= 4 is 0 Å². The highest BCUT2D eigenvalue weighted by Crippen LogP contribution is 2.29. The van der Waals surface area contributed by atoms with Crippen molar-refractivity contribution in [3.63, 3.8) is 0 Å². The zero-order valence-electron chi connectivity index (χ0n) is 34.0. The molecule has 5 aromatic carbocycles. The van der Waals surface area contributed by atoms with Gasteiger partial charge in [0.25, 0.3) is 0 Å². The third-order valence-corrected chi connectivity index (χ3v) is 8.81. The van der Waals surface area contributed by atoms with E-state index in [2.05, 4.69) is 60.2 Å². The minimum Gasteiger partial charge on any atom is -0.496 e. The summed E-state index contributed by atoms with van der Waals surface area (Å²) in [6.45, 7) is 16.3. The Hall–Kier alpha value is -5.66. The van der Waals surface area contributed by atoms with Crippen molar-refractivity contribution in [2.45, 2.75) is 62.0 Å². The fraction of sp³-hybridized carbons (Fsp3) is 0.277. The van der Waals surface area contributed by atoms with E-state index in [-0.39, 0.29) is 6.61 Å². The molecule has 1 aromatic heterocycles. The molecule has 0 spiro atoms. The minimum atomic E-state index is 0.0721. The molecular formula is C47H56N2O5. The molecule has 284 valence electrons. The van der Waals surface area contributed by atoms with Crippen molar-refractivity contribution in [2.75, 3.05) is 28.4 Å². The Morgan fingerprint density at radius 1 is 0.426 bits per heavy atom. The Kier molecular flexibility index (Phi) is 16.7. The molecule has 0 fully saturated rings. The normalized spacial score (nSPS) is 10.0. The number of aliphatic hydroxyl groups is 1. The van der Waals surface area contributed by atoms with Gasteiger partial charge in [-0.05, 0) is 136 Å². The molecule has 0 bridgehead atoms. The van der Waals surface area contributed by atoms with Crippen LogP contribution in [0.2, 0.25) is 0 Å². The first kappa shape index (κ1) is 42.8. The van der Waals surface area contributed by atoms with Gasteiger partial charge in [0.05, 0.1) is 35.0 Å². The predicted molar refractivity (Wildman–Crippen MR) is 222 cm³/mol. The number of ether oxygens (including phenoxy) is 4. The van der Waals surface area contributed by atoms with Crippen LogP contribution < -0.4 is 18.9 Å². The molecule has 0 radical (unpaired) electrons. The van der Waals surface area contributed by atoms with Gasteiger partial charge in [-0.2, -0.15) is 0 Å². The lowest BCUT2D eigenvalue weighted by atomic mass is 9.99. The van der Waals surface area contributed by atoms with Gasteiger partial charge in [0.2, 0.25) is 0 Å². The predicted octanol–water partition coefficient (Wildman–Crippen LogP) is 10.9. The highest BCUT2D eigenvalue weighted by molar-refractivity contribution is 5.67. The molecule has 0 saturated heterocycles. The molecule has 6 aromatic rings. The average molecular weight is 729 g/mol. The van der Waals surface area contributed by atoms with Gasteiger partial charge in [-0.1, -0.05) is 66.2 Å². The number of nitrogens with zero attached hydrogens (tertiary/aromatic N) is 2. The largest absolute Gasteiger partial charge is 0.496 e. The van der Waals surface area contributed by atoms with Gasteiger partial charge < -0.3 is 24.1 Å². The summed E-state index contributed by atoms with van der Waals surface area (Å²) in [6.07, 6.45) is 3.67. The number of benzene rings is 5. The number of aryl methyl sites for hydroxylation is 7. The second-order valence-electron chi connectivity index (χ2n) is 13.2. The van der Waals surface area contributed by atoms with Gasteiger partial charge in [0.15, 0.2) is 5.82 Å². The Balaban J connectivity index is 0.000000198. The Morgan fingerprint density at radius 2 is 0.852 bits per heavy atom. The molecule has 0 amide bonds. The summed E-state index contributed by atoms with van der Waals surface area (Å²) in [7, 11) is 6.71. The van der Waals surface area contributed by atoms with Gasteiger partial charge in [-0.15, -0.1) is 0 Å². The molecule has 0 aliphatic rings. The van der Waals surface area contributed by atoms with E-state index < -0.39 is 0 Å². The molecule has 7 nitrogen and oxygen atoms in total. The third kappa shape index (κ3) is 12.5. The van der Waals surface area contributed by atoms with Gasteiger partial charge in [-0.25, -0.2) is 9.97 Å². The third-order valence-electron chi connectivity index (χ3n) is 8.81. The van der Waals surface area contributed by atoms with Crippen molar-refractivity contribution in [1.82, 2.24) is 9.97 Å². The maximum absolute atomic E-state index is 9.31. The fourth-order valence-corrected chi connectivity index (χ4v) is 5.41. The maximum Gasteiger partial charge on any atom is 0.159 e. The highest BCUT2D eigenvalue weighted by Gasteiger charge is 2.07. The lowest BCUT2D eigenvalue weighted by Gasteiger charge is -2.10. The van der Waals surface area contributed by atoms with E-state index in [9.17, 15) is 5.11 Å². The van der Waals surface area contributed by atoms with Crippen LogP contribution in [-0.4, -0.2) is 43.5 Å². The SMILES string of the molecule is COc1cc(-c2ccc(C)c(CO)c2)ccc1C.COc1cc(C)cc(OC)c1C.COc1cc(C)ccc1C.Cc1ccc(-c2ncc(C)cn2)cc1. The zero-order valence-corrected chi connectivity index (χ0v) is 34.0. The zero-order chi connectivity index (χ0) is 39.8. The molecule has 0 aliphatic heterocycles. The van der Waals surface area contributed by atoms with Crippen LogP contribution in [0.1, 0.15) is 50.1 Å². The summed E-state index contributed by atoms with van der Waals surface area (Å²) < 4.78 is 20.8. The van der Waals surface area contributed by atoms with Crippen LogP contribution in [-0.2, 0) is 6.61 Å². The second kappa shape index (κ2) is 21.1. The number of aromatic nitrogens is 2. The quantitative estimate of drug-likeness (QED) is 0.175. The van der Waals surface area contributed by atoms with E-state index in [0.29, 0.717) is 0 Å². The summed E-state index contributed by atoms with van der Waals surface area (Å²) in [5, 5.41) is 9.31. The van der Waals surface area contributed by atoms with Crippen LogP contribution in [0.15, 0.2) is 103 Å². The van der Waals surface area contributed by atoms with Gasteiger partial charge in [0, 0.05) is 23.5 Å². The molecule has 0 atom stereocenters. The van der Waals surface area contributed by atoms with Crippen LogP contribution >= 0.6 is 0 Å². The number of methoxy groups -OCH3 is 4. The van der Waals surface area contributed by atoms with E-state index in [1.54, 1.807) is 28.4 Å². The van der Waals surface area contributed by atoms with Crippen LogP contribution in [0.5, 0.6) is 23.0 Å². The summed E-state index contributed by atoms with van der Waals surface area (Å²) in [5.74, 6) is 4.41. The summed E-state index contributed by atoms with van der Waals surface area (Å²) in [6, 6.07) is 30.7. The summed E-state index contributed by atoms with van der Waals surface area (Å²) >= 11 is 0. The Labute approximate surface area is 322 Å². The molecule has 1 N–H and O–H groups in total. The summed E-state index contributed by atoms with van der Waals surface area (Å²) in [5.41, 5.74) is 13.4. The molecule has 0 unspecified atom stereocenters. The first-order valence-electron chi connectivity index (χ1n) is 17.9. The second-order valence-corrected chi connectivity index (χ2v) is 13.2. The molecule has 54 heavy (non-hydrogen) atoms. The number of aliphatic hydroxyl groups excluding tert-OH is 1. The van der Waals surface area contributed by atoms with E-state index in [0.717, 1.165) is 78.9 Å². The van der Waals surface area contributed by atoms with Crippen molar-refractivity contribution in [3.8, 4) is 45.5 Å². The molecule has 0 saturated carbocycles. The van der Waals surface area contributed by atoms with E-state index in [1.165, 1.54) is 16.7 Å².